The Labute approximate surface area is 129 Å². The molecule has 1 aliphatic rings. The van der Waals surface area contributed by atoms with Crippen molar-refractivity contribution in [1.82, 2.24) is 4.98 Å². The van der Waals surface area contributed by atoms with Crippen LogP contribution in [0.5, 0.6) is 0 Å². The van der Waals surface area contributed by atoms with Crippen molar-refractivity contribution in [3.8, 4) is 0 Å². The van der Waals surface area contributed by atoms with Crippen molar-refractivity contribution >= 4 is 32.4 Å². The van der Waals surface area contributed by atoms with Gasteiger partial charge in [-0.2, -0.15) is 0 Å². The summed E-state index contributed by atoms with van der Waals surface area (Å²) in [7, 11) is 0. The van der Waals surface area contributed by atoms with Crippen molar-refractivity contribution < 1.29 is 0 Å². The number of hydrogen-bond acceptors (Lipinski definition) is 1. The molecule has 0 fully saturated rings. The molecule has 0 bridgehead atoms. The number of benzene rings is 3. The minimum atomic E-state index is 0.0468. The average molecular weight is 283 g/mol. The summed E-state index contributed by atoms with van der Waals surface area (Å²) in [6, 6.07) is 17.7. The zero-order chi connectivity index (χ0) is 15.1. The van der Waals surface area contributed by atoms with E-state index in [1.807, 2.05) is 0 Å². The van der Waals surface area contributed by atoms with E-state index in [0.29, 0.717) is 0 Å². The van der Waals surface area contributed by atoms with Crippen molar-refractivity contribution in [2.45, 2.75) is 26.2 Å². The highest BCUT2D eigenvalue weighted by atomic mass is 14.7. The van der Waals surface area contributed by atoms with Crippen LogP contribution in [0.2, 0.25) is 0 Å². The Bertz CT molecular complexity index is 1100. The van der Waals surface area contributed by atoms with Crippen molar-refractivity contribution in [3.63, 3.8) is 0 Å². The number of fused-ring (bicyclic) bond motifs is 3. The first kappa shape index (κ1) is 12.2. The Kier molecular flexibility index (Phi) is 2.03. The van der Waals surface area contributed by atoms with E-state index in [0.717, 1.165) is 11.2 Å². The molecule has 0 amide bonds. The van der Waals surface area contributed by atoms with Gasteiger partial charge in [-0.15, -0.1) is 0 Å². The molecule has 0 saturated carbocycles. The summed E-state index contributed by atoms with van der Waals surface area (Å²) < 4.78 is 0. The zero-order valence-corrected chi connectivity index (χ0v) is 13.1. The van der Waals surface area contributed by atoms with Gasteiger partial charge >= 0.3 is 0 Å². The van der Waals surface area contributed by atoms with Gasteiger partial charge in [-0.3, -0.25) is 4.98 Å². The summed E-state index contributed by atoms with van der Waals surface area (Å²) >= 11 is 0. The molecular formula is C21H17N. The molecular weight excluding hydrogens is 266 g/mol. The monoisotopic (exact) mass is 283 g/mol. The predicted octanol–water partition coefficient (Wildman–Crippen LogP) is 5.49. The van der Waals surface area contributed by atoms with Gasteiger partial charge in [0.05, 0.1) is 5.52 Å². The minimum absolute atomic E-state index is 0.0468. The first-order valence-electron chi connectivity index (χ1n) is 7.85. The summed E-state index contributed by atoms with van der Waals surface area (Å²) in [5, 5.41) is 6.71. The van der Waals surface area contributed by atoms with Crippen LogP contribution in [0.25, 0.3) is 32.4 Å². The quantitative estimate of drug-likeness (QED) is 0.389. The van der Waals surface area contributed by atoms with Gasteiger partial charge in [-0.1, -0.05) is 56.3 Å². The van der Waals surface area contributed by atoms with Crippen molar-refractivity contribution in [1.29, 1.82) is 0 Å². The Morgan fingerprint density at radius 2 is 1.50 bits per heavy atom. The molecule has 106 valence electrons. The molecule has 1 aliphatic carbocycles. The summed E-state index contributed by atoms with van der Waals surface area (Å²) in [6.07, 6.45) is 0. The minimum Gasteiger partial charge on any atom is -0.252 e. The second-order valence-electron chi connectivity index (χ2n) is 6.93. The van der Waals surface area contributed by atoms with Crippen LogP contribution in [0.1, 0.15) is 30.7 Å². The van der Waals surface area contributed by atoms with Crippen LogP contribution in [0.3, 0.4) is 0 Å². The van der Waals surface area contributed by atoms with Crippen LogP contribution >= 0.6 is 0 Å². The topological polar surface area (TPSA) is 12.9 Å². The van der Waals surface area contributed by atoms with Crippen LogP contribution in [-0.4, -0.2) is 4.98 Å². The smallest absolute Gasteiger partial charge is 0.0793 e. The molecule has 22 heavy (non-hydrogen) atoms. The van der Waals surface area contributed by atoms with Gasteiger partial charge in [-0.05, 0) is 40.3 Å². The molecule has 3 aromatic carbocycles. The molecule has 0 saturated heterocycles. The number of aryl methyl sites for hydroxylation is 1. The largest absolute Gasteiger partial charge is 0.252 e. The zero-order valence-electron chi connectivity index (χ0n) is 13.1. The normalized spacial score (nSPS) is 15.4. The summed E-state index contributed by atoms with van der Waals surface area (Å²) in [6.45, 7) is 6.77. The highest BCUT2D eigenvalue weighted by Crippen LogP contribution is 2.50. The van der Waals surface area contributed by atoms with E-state index >= 15 is 0 Å². The lowest BCUT2D eigenvalue weighted by Crippen LogP contribution is -2.15. The summed E-state index contributed by atoms with van der Waals surface area (Å²) in [5.74, 6) is 0. The molecule has 1 aromatic heterocycles. The van der Waals surface area contributed by atoms with E-state index in [2.05, 4.69) is 69.3 Å². The maximum Gasteiger partial charge on any atom is 0.0793 e. The van der Waals surface area contributed by atoms with Gasteiger partial charge in [0.1, 0.15) is 0 Å². The second-order valence-corrected chi connectivity index (χ2v) is 6.93. The highest BCUT2D eigenvalue weighted by molar-refractivity contribution is 6.27. The van der Waals surface area contributed by atoms with E-state index in [1.54, 1.807) is 0 Å². The SMILES string of the molecule is Cc1cc2c3c(n1)c1ccccc1c1cccc(c13)C2(C)C. The fourth-order valence-electron chi connectivity index (χ4n) is 4.25. The van der Waals surface area contributed by atoms with Gasteiger partial charge in [0.2, 0.25) is 0 Å². The van der Waals surface area contributed by atoms with E-state index in [4.69, 9.17) is 4.98 Å². The summed E-state index contributed by atoms with van der Waals surface area (Å²) in [5.41, 5.74) is 5.17. The van der Waals surface area contributed by atoms with E-state index < -0.39 is 0 Å². The molecule has 1 heteroatoms. The predicted molar refractivity (Wildman–Crippen MR) is 93.6 cm³/mol. The maximum atomic E-state index is 4.91. The van der Waals surface area contributed by atoms with Crippen molar-refractivity contribution in [2.24, 2.45) is 0 Å². The Morgan fingerprint density at radius 3 is 2.32 bits per heavy atom. The maximum absolute atomic E-state index is 4.91. The Hall–Kier alpha value is -2.41. The molecule has 0 aliphatic heterocycles. The molecule has 0 unspecified atom stereocenters. The summed E-state index contributed by atoms with van der Waals surface area (Å²) in [4.78, 5) is 4.91. The number of nitrogens with zero attached hydrogens (tertiary/aromatic N) is 1. The average Bonchev–Trinajstić information content (AvgIpc) is 2.75. The van der Waals surface area contributed by atoms with E-state index in [1.165, 1.54) is 38.1 Å². The van der Waals surface area contributed by atoms with Gasteiger partial charge in [0.15, 0.2) is 0 Å². The van der Waals surface area contributed by atoms with Gasteiger partial charge in [0, 0.05) is 21.9 Å². The molecule has 0 spiro atoms. The van der Waals surface area contributed by atoms with E-state index in [9.17, 15) is 0 Å². The highest BCUT2D eigenvalue weighted by Gasteiger charge is 2.35. The lowest BCUT2D eigenvalue weighted by atomic mass is 9.82. The van der Waals surface area contributed by atoms with Gasteiger partial charge in [-0.25, -0.2) is 0 Å². The second kappa shape index (κ2) is 3.67. The first-order valence-corrected chi connectivity index (χ1v) is 7.85. The van der Waals surface area contributed by atoms with Gasteiger partial charge < -0.3 is 0 Å². The lowest BCUT2D eigenvalue weighted by molar-refractivity contribution is 0.661. The van der Waals surface area contributed by atoms with Crippen molar-refractivity contribution in [2.75, 3.05) is 0 Å². The molecule has 5 rings (SSSR count). The lowest BCUT2D eigenvalue weighted by Gasteiger charge is -2.22. The van der Waals surface area contributed by atoms with Crippen LogP contribution in [0.15, 0.2) is 48.5 Å². The fourth-order valence-corrected chi connectivity index (χ4v) is 4.25. The first-order chi connectivity index (χ1) is 10.6. The number of aromatic nitrogens is 1. The third kappa shape index (κ3) is 1.24. The molecule has 0 atom stereocenters. The Morgan fingerprint density at radius 1 is 0.773 bits per heavy atom. The number of hydrogen-bond donors (Lipinski definition) is 0. The molecule has 4 aromatic rings. The van der Waals surface area contributed by atoms with Crippen LogP contribution < -0.4 is 0 Å². The molecule has 0 radical (unpaired) electrons. The molecule has 1 nitrogen and oxygen atoms in total. The van der Waals surface area contributed by atoms with Crippen LogP contribution in [0, 0.1) is 6.92 Å². The molecule has 1 heterocycles. The third-order valence-corrected chi connectivity index (χ3v) is 5.28. The number of pyridine rings is 1. The van der Waals surface area contributed by atoms with Gasteiger partial charge in [0.25, 0.3) is 0 Å². The standard InChI is InChI=1S/C21H17N/c1-12-11-17-19-18-14(9-6-10-16(18)21(17,2)3)13-7-4-5-8-15(13)20(19)22-12/h4-11H,1-3H3. The third-order valence-electron chi connectivity index (χ3n) is 5.28. The van der Waals surface area contributed by atoms with E-state index in [-0.39, 0.29) is 5.41 Å². The molecule has 0 N–H and O–H groups in total. The van der Waals surface area contributed by atoms with Crippen LogP contribution in [0.4, 0.5) is 0 Å². The van der Waals surface area contributed by atoms with Crippen LogP contribution in [-0.2, 0) is 5.41 Å². The number of rotatable bonds is 0. The van der Waals surface area contributed by atoms with Crippen molar-refractivity contribution in [3.05, 3.63) is 65.4 Å². The Balaban J connectivity index is 2.25. The fraction of sp³-hybridized carbons (Fsp3) is 0.190.